The summed E-state index contributed by atoms with van der Waals surface area (Å²) < 4.78 is 5.43. The van der Waals surface area contributed by atoms with E-state index in [1.807, 2.05) is 0 Å². The first kappa shape index (κ1) is 24.0. The third-order valence-electron chi connectivity index (χ3n) is 6.09. The fourth-order valence-electron chi connectivity index (χ4n) is 4.44. The van der Waals surface area contributed by atoms with Crippen molar-refractivity contribution in [1.29, 1.82) is 0 Å². The van der Waals surface area contributed by atoms with Gasteiger partial charge in [-0.25, -0.2) is 0 Å². The maximum absolute atomic E-state index is 5.07. The number of aryl methyl sites for hydroxylation is 1. The van der Waals surface area contributed by atoms with Gasteiger partial charge in [0.2, 0.25) is 9.39 Å². The van der Waals surface area contributed by atoms with Gasteiger partial charge in [-0.3, -0.25) is 0 Å². The number of hydrogen-bond acceptors (Lipinski definition) is 1. The van der Waals surface area contributed by atoms with Crippen LogP contribution in [0.2, 0.25) is 0 Å². The summed E-state index contributed by atoms with van der Waals surface area (Å²) in [7, 11) is 2.09. The van der Waals surface area contributed by atoms with Gasteiger partial charge in [0.05, 0.1) is 5.21 Å². The summed E-state index contributed by atoms with van der Waals surface area (Å²) >= 11 is 2.51. The molecule has 0 atom stereocenters. The minimum atomic E-state index is 0.427. The molecule has 0 spiro atoms. The van der Waals surface area contributed by atoms with E-state index in [2.05, 4.69) is 131 Å². The molecule has 1 aromatic heterocycles. The van der Waals surface area contributed by atoms with Crippen molar-refractivity contribution in [2.75, 3.05) is 0 Å². The zero-order chi connectivity index (χ0) is 23.0. The van der Waals surface area contributed by atoms with Gasteiger partial charge in [0.15, 0.2) is 5.69 Å². The van der Waals surface area contributed by atoms with Crippen molar-refractivity contribution in [2.45, 2.75) is 79.1 Å². The number of halogens is 1. The number of para-hydroxylation sites is 1. The van der Waals surface area contributed by atoms with Crippen LogP contribution in [0, 0.1) is 3.70 Å². The second kappa shape index (κ2) is 9.43. The SMILES string of the molecule is CC(C)c1cccc(C(C)C)c1-c1c(I)n(-c2c(C(C)C)cccc2C(C)C)n[n+]1C. The molecule has 3 aromatic rings. The molecule has 166 valence electrons. The van der Waals surface area contributed by atoms with E-state index in [0.29, 0.717) is 23.7 Å². The lowest BCUT2D eigenvalue weighted by atomic mass is 9.87. The molecule has 0 radical (unpaired) electrons. The molecule has 0 saturated heterocycles. The fraction of sp³-hybridized carbons (Fsp3) is 0.481. The van der Waals surface area contributed by atoms with Gasteiger partial charge in [-0.1, -0.05) is 96.5 Å². The topological polar surface area (TPSA) is 21.7 Å². The minimum absolute atomic E-state index is 0.427. The van der Waals surface area contributed by atoms with Crippen LogP contribution in [-0.4, -0.2) is 9.90 Å². The first-order valence-corrected chi connectivity index (χ1v) is 12.5. The molecule has 0 bridgehead atoms. The largest absolute Gasteiger partial charge is 0.241 e. The summed E-state index contributed by atoms with van der Waals surface area (Å²) in [4.78, 5) is 0. The zero-order valence-electron chi connectivity index (χ0n) is 20.5. The molecule has 3 rings (SSSR count). The normalized spacial score (nSPS) is 12.1. The molecule has 0 saturated carbocycles. The van der Waals surface area contributed by atoms with Crippen LogP contribution in [0.15, 0.2) is 36.4 Å². The molecule has 2 aromatic carbocycles. The van der Waals surface area contributed by atoms with E-state index in [1.165, 1.54) is 42.9 Å². The highest BCUT2D eigenvalue weighted by Crippen LogP contribution is 2.38. The Morgan fingerprint density at radius 2 is 1.10 bits per heavy atom. The number of hydrogen-bond donors (Lipinski definition) is 0. The van der Waals surface area contributed by atoms with E-state index >= 15 is 0 Å². The Bertz CT molecular complexity index is 1020. The van der Waals surface area contributed by atoms with E-state index in [4.69, 9.17) is 5.21 Å². The van der Waals surface area contributed by atoms with Gasteiger partial charge in [0.1, 0.15) is 7.05 Å². The lowest BCUT2D eigenvalue weighted by Crippen LogP contribution is -2.34. The Labute approximate surface area is 202 Å². The molecule has 4 heteroatoms. The Kier molecular flexibility index (Phi) is 7.29. The third kappa shape index (κ3) is 4.46. The summed E-state index contributed by atoms with van der Waals surface area (Å²) in [5, 5.41) is 5.07. The highest BCUT2D eigenvalue weighted by Gasteiger charge is 2.32. The van der Waals surface area contributed by atoms with Crippen LogP contribution in [0.3, 0.4) is 0 Å². The fourth-order valence-corrected chi connectivity index (χ4v) is 5.40. The molecule has 0 aliphatic carbocycles. The van der Waals surface area contributed by atoms with Crippen molar-refractivity contribution in [1.82, 2.24) is 9.90 Å². The molecule has 0 unspecified atom stereocenters. The van der Waals surface area contributed by atoms with Crippen LogP contribution < -0.4 is 4.68 Å². The number of aromatic nitrogens is 3. The number of nitrogens with zero attached hydrogens (tertiary/aromatic N) is 3. The lowest BCUT2D eigenvalue weighted by Gasteiger charge is -2.18. The van der Waals surface area contributed by atoms with Crippen molar-refractivity contribution in [3.05, 3.63) is 62.4 Å². The highest BCUT2D eigenvalue weighted by molar-refractivity contribution is 14.1. The monoisotopic (exact) mass is 530 g/mol. The highest BCUT2D eigenvalue weighted by atomic mass is 127. The first-order valence-electron chi connectivity index (χ1n) is 11.5. The van der Waals surface area contributed by atoms with Gasteiger partial charge in [0, 0.05) is 39.3 Å². The van der Waals surface area contributed by atoms with E-state index in [-0.39, 0.29) is 0 Å². The molecule has 0 aliphatic heterocycles. The van der Waals surface area contributed by atoms with Crippen LogP contribution in [0.5, 0.6) is 0 Å². The molecular formula is C27H37IN3+. The summed E-state index contributed by atoms with van der Waals surface area (Å²) in [6, 6.07) is 13.5. The van der Waals surface area contributed by atoms with Crippen molar-refractivity contribution in [3.63, 3.8) is 0 Å². The molecule has 31 heavy (non-hydrogen) atoms. The number of rotatable bonds is 6. The summed E-state index contributed by atoms with van der Waals surface area (Å²) in [6.07, 6.45) is 0. The van der Waals surface area contributed by atoms with E-state index in [0.717, 1.165) is 0 Å². The maximum Gasteiger partial charge on any atom is 0.241 e. The van der Waals surface area contributed by atoms with Crippen LogP contribution in [0.4, 0.5) is 0 Å². The predicted octanol–water partition coefficient (Wildman–Crippen LogP) is 7.46. The summed E-state index contributed by atoms with van der Waals surface area (Å²) in [5.74, 6) is 1.75. The molecule has 0 N–H and O–H groups in total. The van der Waals surface area contributed by atoms with E-state index in [1.54, 1.807) is 0 Å². The van der Waals surface area contributed by atoms with Crippen molar-refractivity contribution >= 4 is 22.6 Å². The van der Waals surface area contributed by atoms with Crippen LogP contribution in [0.1, 0.15) is 101 Å². The standard InChI is InChI=1S/C27H37IN3/c1-16(2)20-12-10-13-21(17(3)4)24(20)26-27(28)31(29-30(26)9)25-22(18(5)6)14-11-15-23(25)19(7)8/h10-19H,1-9H3/q+1. The van der Waals surface area contributed by atoms with Gasteiger partial charge in [-0.15, -0.1) is 4.68 Å². The Hall–Kier alpha value is -1.69. The van der Waals surface area contributed by atoms with Crippen LogP contribution in [0.25, 0.3) is 16.9 Å². The van der Waals surface area contributed by atoms with Gasteiger partial charge in [0.25, 0.3) is 0 Å². The van der Waals surface area contributed by atoms with Gasteiger partial charge < -0.3 is 0 Å². The Morgan fingerprint density at radius 1 is 0.710 bits per heavy atom. The average molecular weight is 531 g/mol. The molecular weight excluding hydrogens is 493 g/mol. The van der Waals surface area contributed by atoms with Gasteiger partial charge in [-0.2, -0.15) is 0 Å². The quantitative estimate of drug-likeness (QED) is 0.240. The molecule has 0 aliphatic rings. The van der Waals surface area contributed by atoms with Crippen molar-refractivity contribution in [2.24, 2.45) is 7.05 Å². The molecule has 1 heterocycles. The average Bonchev–Trinajstić information content (AvgIpc) is 2.99. The maximum atomic E-state index is 5.07. The minimum Gasteiger partial charge on any atom is -0.131 e. The van der Waals surface area contributed by atoms with Gasteiger partial charge >= 0.3 is 0 Å². The first-order chi connectivity index (χ1) is 14.6. The molecule has 3 nitrogen and oxygen atoms in total. The summed E-state index contributed by atoms with van der Waals surface area (Å²) in [5.41, 5.74) is 9.27. The second-order valence-corrected chi connectivity index (χ2v) is 10.8. The lowest BCUT2D eigenvalue weighted by molar-refractivity contribution is -0.721. The summed E-state index contributed by atoms with van der Waals surface area (Å²) in [6.45, 7) is 18.2. The Morgan fingerprint density at radius 3 is 1.48 bits per heavy atom. The van der Waals surface area contributed by atoms with Crippen LogP contribution in [-0.2, 0) is 7.05 Å². The number of benzene rings is 2. The van der Waals surface area contributed by atoms with E-state index in [9.17, 15) is 0 Å². The molecule has 0 fully saturated rings. The zero-order valence-corrected chi connectivity index (χ0v) is 22.7. The van der Waals surface area contributed by atoms with Crippen LogP contribution >= 0.6 is 22.6 Å². The van der Waals surface area contributed by atoms with Gasteiger partial charge in [-0.05, 0) is 34.8 Å². The smallest absolute Gasteiger partial charge is 0.131 e. The van der Waals surface area contributed by atoms with Crippen molar-refractivity contribution in [3.8, 4) is 16.9 Å². The third-order valence-corrected chi connectivity index (χ3v) is 7.06. The molecule has 0 amide bonds. The second-order valence-electron chi connectivity index (χ2n) is 9.78. The predicted molar refractivity (Wildman–Crippen MR) is 139 cm³/mol. The Balaban J connectivity index is 2.39. The van der Waals surface area contributed by atoms with Crippen molar-refractivity contribution < 1.29 is 4.68 Å². The van der Waals surface area contributed by atoms with E-state index < -0.39 is 0 Å².